The molecular weight excluding hydrogens is 491 g/mol. The first-order valence-corrected chi connectivity index (χ1v) is 11.1. The summed E-state index contributed by atoms with van der Waals surface area (Å²) in [6.07, 6.45) is -3.16. The molecule has 0 atom stereocenters. The van der Waals surface area contributed by atoms with Crippen LogP contribution in [0.3, 0.4) is 0 Å². The Hall–Kier alpha value is -3.70. The Morgan fingerprint density at radius 1 is 0.889 bits per heavy atom. The van der Waals surface area contributed by atoms with Crippen LogP contribution in [0.15, 0.2) is 36.4 Å². The van der Waals surface area contributed by atoms with Gasteiger partial charge in [-0.3, -0.25) is 14.4 Å². The van der Waals surface area contributed by atoms with E-state index in [1.807, 2.05) is 0 Å². The van der Waals surface area contributed by atoms with Crippen molar-refractivity contribution in [3.63, 3.8) is 0 Å². The molecular formula is C24H23F5N2O5. The Balaban J connectivity index is 1.46. The third-order valence-electron chi connectivity index (χ3n) is 5.74. The van der Waals surface area contributed by atoms with Crippen LogP contribution < -0.4 is 15.4 Å². The highest BCUT2D eigenvalue weighted by atomic mass is 19.4. The van der Waals surface area contributed by atoms with Crippen molar-refractivity contribution in [1.29, 1.82) is 0 Å². The molecule has 0 aliphatic heterocycles. The number of hydrogen-bond acceptors (Lipinski definition) is 4. The van der Waals surface area contributed by atoms with Crippen LogP contribution in [0, 0.1) is 17.6 Å². The summed E-state index contributed by atoms with van der Waals surface area (Å²) in [5, 5.41) is 13.7. The first-order chi connectivity index (χ1) is 17.0. The van der Waals surface area contributed by atoms with Gasteiger partial charge in [0.1, 0.15) is 17.4 Å². The summed E-state index contributed by atoms with van der Waals surface area (Å²) in [6, 6.07) is 5.46. The van der Waals surface area contributed by atoms with Gasteiger partial charge in [-0.25, -0.2) is 8.78 Å². The average Bonchev–Trinajstić information content (AvgIpc) is 2.81. The minimum absolute atomic E-state index is 0.127. The van der Waals surface area contributed by atoms with Crippen molar-refractivity contribution in [3.05, 3.63) is 64.7 Å². The molecule has 3 N–H and O–H groups in total. The van der Waals surface area contributed by atoms with E-state index >= 15 is 0 Å². The second-order valence-electron chi connectivity index (χ2n) is 8.28. The zero-order chi connectivity index (χ0) is 26.5. The average molecular weight is 514 g/mol. The number of aliphatic carboxylic acids is 1. The Bertz CT molecular complexity index is 1130. The molecule has 2 amide bonds. The maximum Gasteiger partial charge on any atom is 0.419 e. The molecule has 0 spiro atoms. The third kappa shape index (κ3) is 6.92. The van der Waals surface area contributed by atoms with E-state index in [9.17, 15) is 36.3 Å². The number of hydrogen-bond donors (Lipinski definition) is 3. The van der Waals surface area contributed by atoms with Gasteiger partial charge in [-0.05, 0) is 56.0 Å². The summed E-state index contributed by atoms with van der Waals surface area (Å²) in [6.45, 7) is -0.271. The van der Waals surface area contributed by atoms with E-state index in [4.69, 9.17) is 9.84 Å². The summed E-state index contributed by atoms with van der Waals surface area (Å²) in [5.74, 6) is -5.08. The minimum atomic E-state index is -4.88. The number of carbonyl (C=O) groups is 3. The van der Waals surface area contributed by atoms with Crippen molar-refractivity contribution >= 4 is 17.8 Å². The molecule has 12 heteroatoms. The lowest BCUT2D eigenvalue weighted by molar-refractivity contribution is -0.143. The van der Waals surface area contributed by atoms with E-state index in [2.05, 4.69) is 10.6 Å². The molecule has 1 fully saturated rings. The molecule has 0 aromatic heterocycles. The number of rotatable bonds is 8. The van der Waals surface area contributed by atoms with Crippen molar-refractivity contribution < 1.29 is 46.2 Å². The topological polar surface area (TPSA) is 105 Å². The number of ether oxygens (including phenoxy) is 1. The van der Waals surface area contributed by atoms with Crippen LogP contribution in [0.25, 0.3) is 0 Å². The SMILES string of the molecule is O=C(NCCNC(=O)c1ccc(O[C@H]2CC[C@@H](C(=O)O)CC2)cc1F)c1ccc(C(F)(F)F)c(F)c1. The van der Waals surface area contributed by atoms with E-state index in [1.54, 1.807) is 0 Å². The van der Waals surface area contributed by atoms with Gasteiger partial charge in [0.05, 0.1) is 23.1 Å². The minimum Gasteiger partial charge on any atom is -0.490 e. The molecule has 194 valence electrons. The molecule has 36 heavy (non-hydrogen) atoms. The van der Waals surface area contributed by atoms with Crippen molar-refractivity contribution in [2.75, 3.05) is 13.1 Å². The van der Waals surface area contributed by atoms with Crippen molar-refractivity contribution in [3.8, 4) is 5.75 Å². The summed E-state index contributed by atoms with van der Waals surface area (Å²) in [4.78, 5) is 35.3. The fourth-order valence-electron chi connectivity index (χ4n) is 3.81. The molecule has 1 aliphatic rings. The van der Waals surface area contributed by atoms with Crippen molar-refractivity contribution in [2.24, 2.45) is 5.92 Å². The third-order valence-corrected chi connectivity index (χ3v) is 5.74. The summed E-state index contributed by atoms with van der Waals surface area (Å²) in [7, 11) is 0. The molecule has 0 saturated heterocycles. The summed E-state index contributed by atoms with van der Waals surface area (Å²) in [5.41, 5.74) is -2.09. The lowest BCUT2D eigenvalue weighted by Crippen LogP contribution is -2.35. The van der Waals surface area contributed by atoms with Gasteiger partial charge in [0, 0.05) is 24.7 Å². The predicted molar refractivity (Wildman–Crippen MR) is 116 cm³/mol. The number of benzene rings is 2. The van der Waals surface area contributed by atoms with Crippen LogP contribution in [0.2, 0.25) is 0 Å². The first kappa shape index (κ1) is 26.9. The number of carboxylic acids is 1. The summed E-state index contributed by atoms with van der Waals surface area (Å²) >= 11 is 0. The number of alkyl halides is 3. The van der Waals surface area contributed by atoms with Gasteiger partial charge >= 0.3 is 12.1 Å². The van der Waals surface area contributed by atoms with E-state index in [0.29, 0.717) is 37.8 Å². The fraction of sp³-hybridized carbons (Fsp3) is 0.375. The van der Waals surface area contributed by atoms with Crippen LogP contribution in [-0.4, -0.2) is 42.1 Å². The van der Waals surface area contributed by atoms with Gasteiger partial charge in [0.2, 0.25) is 0 Å². The molecule has 0 unspecified atom stereocenters. The van der Waals surface area contributed by atoms with Crippen LogP contribution >= 0.6 is 0 Å². The van der Waals surface area contributed by atoms with Crippen LogP contribution in [0.1, 0.15) is 52.0 Å². The van der Waals surface area contributed by atoms with E-state index < -0.39 is 47.1 Å². The largest absolute Gasteiger partial charge is 0.490 e. The number of carboxylic acid groups (broad SMARTS) is 1. The number of carbonyl (C=O) groups excluding carboxylic acids is 2. The predicted octanol–water partition coefficient (Wildman–Crippen LogP) is 4.17. The van der Waals surface area contributed by atoms with Gasteiger partial charge in [0.25, 0.3) is 11.8 Å². The standard InChI is InChI=1S/C24H23F5N2O5/c25-19-12-16(36-15-4-1-13(2-5-15)23(34)35)6-7-17(19)22(33)31-10-9-30-21(32)14-3-8-18(20(26)11-14)24(27,28)29/h3,6-8,11-13,15H,1-2,4-5,9-10H2,(H,30,32)(H,31,33)(H,34,35)/t13-,15+. The maximum absolute atomic E-state index is 14.4. The highest BCUT2D eigenvalue weighted by Crippen LogP contribution is 2.31. The lowest BCUT2D eigenvalue weighted by Gasteiger charge is -2.26. The van der Waals surface area contributed by atoms with Crippen molar-refractivity contribution in [2.45, 2.75) is 38.0 Å². The highest BCUT2D eigenvalue weighted by molar-refractivity contribution is 5.95. The van der Waals surface area contributed by atoms with E-state index in [1.165, 1.54) is 12.1 Å². The molecule has 7 nitrogen and oxygen atoms in total. The molecule has 0 heterocycles. The Labute approximate surface area is 202 Å². The monoisotopic (exact) mass is 514 g/mol. The number of amides is 2. The van der Waals surface area contributed by atoms with Gasteiger partial charge < -0.3 is 20.5 Å². The zero-order valence-electron chi connectivity index (χ0n) is 18.8. The molecule has 1 aliphatic carbocycles. The van der Waals surface area contributed by atoms with Crippen molar-refractivity contribution in [1.82, 2.24) is 10.6 Å². The molecule has 1 saturated carbocycles. The summed E-state index contributed by atoms with van der Waals surface area (Å²) < 4.78 is 71.6. The smallest absolute Gasteiger partial charge is 0.419 e. The molecule has 2 aromatic rings. The Morgan fingerprint density at radius 3 is 2.08 bits per heavy atom. The molecule has 0 bridgehead atoms. The maximum atomic E-state index is 14.4. The lowest BCUT2D eigenvalue weighted by atomic mass is 9.87. The fourth-order valence-corrected chi connectivity index (χ4v) is 3.81. The molecule has 3 rings (SSSR count). The molecule has 0 radical (unpaired) electrons. The highest BCUT2D eigenvalue weighted by Gasteiger charge is 2.34. The van der Waals surface area contributed by atoms with Gasteiger partial charge in [-0.1, -0.05) is 0 Å². The Morgan fingerprint density at radius 2 is 1.53 bits per heavy atom. The zero-order valence-corrected chi connectivity index (χ0v) is 18.8. The van der Waals surface area contributed by atoms with E-state index in [0.717, 1.165) is 12.1 Å². The second kappa shape index (κ2) is 11.4. The number of nitrogens with one attached hydrogen (secondary N) is 2. The van der Waals surface area contributed by atoms with Crippen LogP contribution in [-0.2, 0) is 11.0 Å². The first-order valence-electron chi connectivity index (χ1n) is 11.1. The molecule has 2 aromatic carbocycles. The van der Waals surface area contributed by atoms with Gasteiger partial charge in [-0.15, -0.1) is 0 Å². The Kier molecular flexibility index (Phi) is 8.49. The van der Waals surface area contributed by atoms with Gasteiger partial charge in [-0.2, -0.15) is 13.2 Å². The van der Waals surface area contributed by atoms with Crippen LogP contribution in [0.5, 0.6) is 5.75 Å². The second-order valence-corrected chi connectivity index (χ2v) is 8.28. The quantitative estimate of drug-likeness (QED) is 0.363. The van der Waals surface area contributed by atoms with Crippen LogP contribution in [0.4, 0.5) is 22.0 Å². The normalized spacial score (nSPS) is 17.8. The van der Waals surface area contributed by atoms with E-state index in [-0.39, 0.29) is 36.1 Å². The van der Waals surface area contributed by atoms with Gasteiger partial charge in [0.15, 0.2) is 0 Å². The number of halogens is 5.